The summed E-state index contributed by atoms with van der Waals surface area (Å²) in [5.74, 6) is 0.552. The lowest BCUT2D eigenvalue weighted by Gasteiger charge is -2.26. The van der Waals surface area contributed by atoms with Gasteiger partial charge in [0.05, 0.1) is 26.2 Å². The van der Waals surface area contributed by atoms with Gasteiger partial charge in [-0.2, -0.15) is 0 Å². The first-order valence-electron chi connectivity index (χ1n) is 7.57. The zero-order chi connectivity index (χ0) is 14.7. The summed E-state index contributed by atoms with van der Waals surface area (Å²) in [6.45, 7) is 6.34. The Hall–Kier alpha value is -1.46. The Morgan fingerprint density at radius 3 is 3.24 bits per heavy atom. The fourth-order valence-electron chi connectivity index (χ4n) is 3.30. The van der Waals surface area contributed by atoms with Gasteiger partial charge >= 0.3 is 0 Å². The lowest BCUT2D eigenvalue weighted by atomic mass is 9.82. The highest BCUT2D eigenvalue weighted by molar-refractivity contribution is 5.78. The number of amides is 1. The number of fused-ring (bicyclic) bond motifs is 1. The molecule has 1 amide bonds. The number of likely N-dealkylation sites (tertiary alicyclic amines) is 1. The standard InChI is InChI=1S/C16H22N2O3/c1-2-20-11-16-10-18(8-13(16)9-21-12-16)15(19)7-14-5-3-4-6-17-14/h3-6,13H,2,7-12H2,1H3/t13-,16-/m1/s1. The number of pyridine rings is 1. The number of carbonyl (C=O) groups excluding carboxylic acids is 1. The molecule has 0 spiro atoms. The molecule has 2 saturated heterocycles. The predicted octanol–water partition coefficient (Wildman–Crippen LogP) is 1.14. The minimum Gasteiger partial charge on any atom is -0.381 e. The first kappa shape index (κ1) is 14.5. The van der Waals surface area contributed by atoms with Crippen molar-refractivity contribution in [2.45, 2.75) is 13.3 Å². The lowest BCUT2D eigenvalue weighted by Crippen LogP contribution is -2.37. The summed E-state index contributed by atoms with van der Waals surface area (Å²) in [7, 11) is 0. The van der Waals surface area contributed by atoms with Crippen LogP contribution in [0.1, 0.15) is 12.6 Å². The van der Waals surface area contributed by atoms with Crippen LogP contribution in [-0.4, -0.2) is 55.3 Å². The Labute approximate surface area is 125 Å². The Kier molecular flexibility index (Phi) is 4.22. The van der Waals surface area contributed by atoms with Crippen molar-refractivity contribution in [1.82, 2.24) is 9.88 Å². The van der Waals surface area contributed by atoms with E-state index in [4.69, 9.17) is 9.47 Å². The summed E-state index contributed by atoms with van der Waals surface area (Å²) in [6.07, 6.45) is 2.10. The molecule has 5 heteroatoms. The normalized spacial score (nSPS) is 27.9. The molecule has 0 bridgehead atoms. The highest BCUT2D eigenvalue weighted by atomic mass is 16.5. The number of nitrogens with zero attached hydrogens (tertiary/aromatic N) is 2. The molecule has 2 fully saturated rings. The van der Waals surface area contributed by atoms with Crippen LogP contribution in [0.5, 0.6) is 0 Å². The van der Waals surface area contributed by atoms with Crippen LogP contribution in [0.15, 0.2) is 24.4 Å². The van der Waals surface area contributed by atoms with E-state index in [-0.39, 0.29) is 11.3 Å². The highest BCUT2D eigenvalue weighted by Gasteiger charge is 2.51. The summed E-state index contributed by atoms with van der Waals surface area (Å²) in [5.41, 5.74) is 0.824. The van der Waals surface area contributed by atoms with E-state index in [0.717, 1.165) is 25.4 Å². The highest BCUT2D eigenvalue weighted by Crippen LogP contribution is 2.41. The minimum absolute atomic E-state index is 0.00418. The molecule has 0 N–H and O–H groups in total. The van der Waals surface area contributed by atoms with Gasteiger partial charge in [-0.3, -0.25) is 9.78 Å². The Morgan fingerprint density at radius 2 is 2.48 bits per heavy atom. The third kappa shape index (κ3) is 2.94. The number of carbonyl (C=O) groups is 1. The summed E-state index contributed by atoms with van der Waals surface area (Å²) in [6, 6.07) is 5.68. The van der Waals surface area contributed by atoms with E-state index >= 15 is 0 Å². The van der Waals surface area contributed by atoms with Gasteiger partial charge in [-0.1, -0.05) is 6.07 Å². The lowest BCUT2D eigenvalue weighted by molar-refractivity contribution is -0.130. The first-order valence-corrected chi connectivity index (χ1v) is 7.57. The summed E-state index contributed by atoms with van der Waals surface area (Å²) in [5, 5.41) is 0. The molecule has 1 aromatic heterocycles. The molecule has 21 heavy (non-hydrogen) atoms. The van der Waals surface area contributed by atoms with Gasteiger partial charge in [-0.25, -0.2) is 0 Å². The second-order valence-electron chi connectivity index (χ2n) is 5.98. The van der Waals surface area contributed by atoms with Crippen molar-refractivity contribution in [2.24, 2.45) is 11.3 Å². The van der Waals surface area contributed by atoms with Crippen LogP contribution in [0.25, 0.3) is 0 Å². The molecule has 114 valence electrons. The van der Waals surface area contributed by atoms with Gasteiger partial charge in [0.15, 0.2) is 0 Å². The van der Waals surface area contributed by atoms with E-state index in [2.05, 4.69) is 4.98 Å². The Morgan fingerprint density at radius 1 is 1.57 bits per heavy atom. The molecular weight excluding hydrogens is 268 g/mol. The molecule has 1 aromatic rings. The van der Waals surface area contributed by atoms with E-state index in [1.165, 1.54) is 0 Å². The minimum atomic E-state index is -0.00418. The molecule has 0 aliphatic carbocycles. The quantitative estimate of drug-likeness (QED) is 0.816. The third-order valence-corrected chi connectivity index (χ3v) is 4.53. The molecule has 0 radical (unpaired) electrons. The summed E-state index contributed by atoms with van der Waals surface area (Å²) < 4.78 is 11.3. The molecule has 0 unspecified atom stereocenters. The van der Waals surface area contributed by atoms with Crippen LogP contribution < -0.4 is 0 Å². The zero-order valence-corrected chi connectivity index (χ0v) is 12.5. The van der Waals surface area contributed by atoms with Crippen molar-refractivity contribution in [3.05, 3.63) is 30.1 Å². The smallest absolute Gasteiger partial charge is 0.228 e. The van der Waals surface area contributed by atoms with Gasteiger partial charge < -0.3 is 14.4 Å². The maximum Gasteiger partial charge on any atom is 0.228 e. The molecule has 2 aliphatic heterocycles. The number of ether oxygens (including phenoxy) is 2. The molecule has 0 aromatic carbocycles. The van der Waals surface area contributed by atoms with Gasteiger partial charge in [0, 0.05) is 42.9 Å². The molecule has 0 saturated carbocycles. The van der Waals surface area contributed by atoms with E-state index in [0.29, 0.717) is 32.2 Å². The maximum atomic E-state index is 12.5. The van der Waals surface area contributed by atoms with Crippen LogP contribution in [0.3, 0.4) is 0 Å². The predicted molar refractivity (Wildman–Crippen MR) is 77.8 cm³/mol. The van der Waals surface area contributed by atoms with Crippen LogP contribution >= 0.6 is 0 Å². The fourth-order valence-corrected chi connectivity index (χ4v) is 3.30. The maximum absolute atomic E-state index is 12.5. The van der Waals surface area contributed by atoms with Crippen molar-refractivity contribution in [3.8, 4) is 0 Å². The molecule has 3 heterocycles. The molecular formula is C16H22N2O3. The van der Waals surface area contributed by atoms with Crippen molar-refractivity contribution in [2.75, 3.05) is 39.5 Å². The SMILES string of the molecule is CCOC[C@]12COC[C@H]1CN(C(=O)Cc1ccccn1)C2. The second-order valence-corrected chi connectivity index (χ2v) is 5.98. The molecule has 2 atom stereocenters. The van der Waals surface area contributed by atoms with Gasteiger partial charge in [0.2, 0.25) is 5.91 Å². The summed E-state index contributed by atoms with van der Waals surface area (Å²) >= 11 is 0. The van der Waals surface area contributed by atoms with Gasteiger partial charge in [0.25, 0.3) is 0 Å². The number of rotatable bonds is 5. The topological polar surface area (TPSA) is 51.7 Å². The van der Waals surface area contributed by atoms with Crippen LogP contribution in [0.2, 0.25) is 0 Å². The van der Waals surface area contributed by atoms with E-state index in [1.807, 2.05) is 30.0 Å². The van der Waals surface area contributed by atoms with Gasteiger partial charge in [-0.15, -0.1) is 0 Å². The van der Waals surface area contributed by atoms with Crippen molar-refractivity contribution < 1.29 is 14.3 Å². The fraction of sp³-hybridized carbons (Fsp3) is 0.625. The Bertz CT molecular complexity index is 494. The zero-order valence-electron chi connectivity index (χ0n) is 12.5. The van der Waals surface area contributed by atoms with E-state index < -0.39 is 0 Å². The van der Waals surface area contributed by atoms with Gasteiger partial charge in [0.1, 0.15) is 0 Å². The second kappa shape index (κ2) is 6.12. The van der Waals surface area contributed by atoms with Crippen molar-refractivity contribution >= 4 is 5.91 Å². The third-order valence-electron chi connectivity index (χ3n) is 4.53. The summed E-state index contributed by atoms with van der Waals surface area (Å²) in [4.78, 5) is 18.7. The number of hydrogen-bond donors (Lipinski definition) is 0. The first-order chi connectivity index (χ1) is 10.2. The average molecular weight is 290 g/mol. The van der Waals surface area contributed by atoms with Gasteiger partial charge in [-0.05, 0) is 19.1 Å². The largest absolute Gasteiger partial charge is 0.381 e. The van der Waals surface area contributed by atoms with Crippen LogP contribution in [0, 0.1) is 11.3 Å². The van der Waals surface area contributed by atoms with E-state index in [9.17, 15) is 4.79 Å². The monoisotopic (exact) mass is 290 g/mol. The van der Waals surface area contributed by atoms with E-state index in [1.54, 1.807) is 6.20 Å². The Balaban J connectivity index is 1.64. The van der Waals surface area contributed by atoms with Crippen molar-refractivity contribution in [3.63, 3.8) is 0 Å². The molecule has 5 nitrogen and oxygen atoms in total. The number of aromatic nitrogens is 1. The van der Waals surface area contributed by atoms with Crippen LogP contribution in [-0.2, 0) is 20.7 Å². The number of hydrogen-bond acceptors (Lipinski definition) is 4. The molecule has 2 aliphatic rings. The van der Waals surface area contributed by atoms with Crippen molar-refractivity contribution in [1.29, 1.82) is 0 Å². The van der Waals surface area contributed by atoms with Crippen LogP contribution in [0.4, 0.5) is 0 Å². The average Bonchev–Trinajstić information content (AvgIpc) is 3.03. The molecule has 3 rings (SSSR count).